The molecule has 0 heterocycles. The highest BCUT2D eigenvalue weighted by molar-refractivity contribution is 5.19. The van der Waals surface area contributed by atoms with Gasteiger partial charge in [0, 0.05) is 0 Å². The number of rotatable bonds is 1. The lowest BCUT2D eigenvalue weighted by atomic mass is 9.57. The van der Waals surface area contributed by atoms with Gasteiger partial charge in [-0.3, -0.25) is 0 Å². The fourth-order valence-corrected chi connectivity index (χ4v) is 5.97. The number of hydrogen-bond acceptors (Lipinski definition) is 0. The van der Waals surface area contributed by atoms with Crippen molar-refractivity contribution in [1.29, 1.82) is 0 Å². The summed E-state index contributed by atoms with van der Waals surface area (Å²) in [5.74, 6) is 1.97. The van der Waals surface area contributed by atoms with Gasteiger partial charge in [-0.15, -0.1) is 0 Å². The zero-order valence-electron chi connectivity index (χ0n) is 10.9. The molecular formula is C15H26. The first-order valence-electron chi connectivity index (χ1n) is 6.95. The van der Waals surface area contributed by atoms with Crippen molar-refractivity contribution in [3.8, 4) is 0 Å². The molecule has 4 unspecified atom stereocenters. The Morgan fingerprint density at radius 3 is 2.40 bits per heavy atom. The van der Waals surface area contributed by atoms with Gasteiger partial charge in [0.1, 0.15) is 0 Å². The van der Waals surface area contributed by atoms with Gasteiger partial charge in [-0.1, -0.05) is 34.1 Å². The van der Waals surface area contributed by atoms with E-state index in [-0.39, 0.29) is 0 Å². The highest BCUT2D eigenvalue weighted by atomic mass is 14.7. The summed E-state index contributed by atoms with van der Waals surface area (Å²) < 4.78 is 0. The van der Waals surface area contributed by atoms with E-state index in [0.717, 1.165) is 17.3 Å². The van der Waals surface area contributed by atoms with Crippen molar-refractivity contribution in [2.24, 2.45) is 28.1 Å². The fourth-order valence-electron chi connectivity index (χ4n) is 5.97. The summed E-state index contributed by atoms with van der Waals surface area (Å²) in [7, 11) is 0. The van der Waals surface area contributed by atoms with Crippen LogP contribution in [0.1, 0.15) is 66.2 Å². The normalized spacial score (nSPS) is 57.8. The third-order valence-corrected chi connectivity index (χ3v) is 7.03. The Balaban J connectivity index is 2.10. The molecule has 0 heteroatoms. The molecule has 0 radical (unpaired) electrons. The Kier molecular flexibility index (Phi) is 1.78. The summed E-state index contributed by atoms with van der Waals surface area (Å²) in [6.45, 7) is 10.2. The first kappa shape index (κ1) is 10.2. The second kappa shape index (κ2) is 2.63. The van der Waals surface area contributed by atoms with Crippen LogP contribution >= 0.6 is 0 Å². The highest BCUT2D eigenvalue weighted by Crippen LogP contribution is 2.78. The highest BCUT2D eigenvalue weighted by Gasteiger charge is 2.70. The van der Waals surface area contributed by atoms with Gasteiger partial charge in [0.2, 0.25) is 0 Å². The Labute approximate surface area is 94.8 Å². The molecule has 0 aromatic heterocycles. The van der Waals surface area contributed by atoms with Crippen molar-refractivity contribution < 1.29 is 0 Å². The monoisotopic (exact) mass is 206 g/mol. The molecule has 0 aliphatic heterocycles. The van der Waals surface area contributed by atoms with Gasteiger partial charge in [-0.2, -0.15) is 0 Å². The maximum atomic E-state index is 2.62. The quantitative estimate of drug-likeness (QED) is 0.586. The molecule has 3 aliphatic carbocycles. The molecule has 3 fully saturated rings. The van der Waals surface area contributed by atoms with Crippen molar-refractivity contribution in [2.75, 3.05) is 0 Å². The van der Waals surface area contributed by atoms with Gasteiger partial charge >= 0.3 is 0 Å². The van der Waals surface area contributed by atoms with Crippen molar-refractivity contribution in [3.63, 3.8) is 0 Å². The molecule has 0 spiro atoms. The molecular weight excluding hydrogens is 180 g/mol. The lowest BCUT2D eigenvalue weighted by Gasteiger charge is -2.47. The summed E-state index contributed by atoms with van der Waals surface area (Å²) in [5, 5.41) is 0. The average molecular weight is 206 g/mol. The minimum Gasteiger partial charge on any atom is -0.0622 e. The van der Waals surface area contributed by atoms with Crippen LogP contribution in [0.25, 0.3) is 0 Å². The molecule has 0 amide bonds. The summed E-state index contributed by atoms with van der Waals surface area (Å²) >= 11 is 0. The molecule has 3 saturated carbocycles. The predicted molar refractivity (Wildman–Crippen MR) is 64.7 cm³/mol. The zero-order chi connectivity index (χ0) is 10.9. The van der Waals surface area contributed by atoms with Crippen molar-refractivity contribution in [1.82, 2.24) is 0 Å². The fraction of sp³-hybridized carbons (Fsp3) is 1.00. The summed E-state index contributed by atoms with van der Waals surface area (Å²) in [4.78, 5) is 0. The molecule has 3 rings (SSSR count). The first-order chi connectivity index (χ1) is 6.95. The molecule has 0 aromatic carbocycles. The smallest absolute Gasteiger partial charge is 0.0235 e. The maximum Gasteiger partial charge on any atom is -0.0235 e. The summed E-state index contributed by atoms with van der Waals surface area (Å²) in [6, 6.07) is 0. The van der Waals surface area contributed by atoms with Crippen molar-refractivity contribution in [3.05, 3.63) is 0 Å². The summed E-state index contributed by atoms with van der Waals surface area (Å²) in [5.41, 5.74) is 2.13. The third kappa shape index (κ3) is 0.913. The van der Waals surface area contributed by atoms with E-state index in [2.05, 4.69) is 27.7 Å². The van der Waals surface area contributed by atoms with Crippen LogP contribution < -0.4 is 0 Å². The van der Waals surface area contributed by atoms with Crippen LogP contribution in [-0.2, 0) is 0 Å². The van der Waals surface area contributed by atoms with E-state index in [1.807, 2.05) is 0 Å². The zero-order valence-corrected chi connectivity index (χ0v) is 10.9. The number of hydrogen-bond donors (Lipinski definition) is 0. The third-order valence-electron chi connectivity index (χ3n) is 7.03. The lowest BCUT2D eigenvalue weighted by molar-refractivity contribution is 0.0169. The molecule has 0 aromatic rings. The van der Waals surface area contributed by atoms with Crippen molar-refractivity contribution in [2.45, 2.75) is 66.2 Å². The Morgan fingerprint density at radius 2 is 1.80 bits per heavy atom. The molecule has 0 nitrogen and oxygen atoms in total. The summed E-state index contributed by atoms with van der Waals surface area (Å²) in [6.07, 6.45) is 9.14. The second-order valence-electron chi connectivity index (χ2n) is 7.49. The Hall–Kier alpha value is 0. The van der Waals surface area contributed by atoms with Gasteiger partial charge in [0.15, 0.2) is 0 Å². The van der Waals surface area contributed by atoms with Crippen LogP contribution in [0.5, 0.6) is 0 Å². The SMILES string of the molecule is CC(C)C12CCCC3(C)C1CCC3(C)C2. The van der Waals surface area contributed by atoms with Crippen LogP contribution in [0.4, 0.5) is 0 Å². The molecule has 0 saturated heterocycles. The van der Waals surface area contributed by atoms with E-state index in [4.69, 9.17) is 0 Å². The van der Waals surface area contributed by atoms with Crippen molar-refractivity contribution >= 4 is 0 Å². The van der Waals surface area contributed by atoms with Gasteiger partial charge in [-0.05, 0) is 60.2 Å². The minimum atomic E-state index is 0.693. The average Bonchev–Trinajstić information content (AvgIpc) is 2.45. The lowest BCUT2D eigenvalue weighted by Crippen LogP contribution is -2.39. The van der Waals surface area contributed by atoms with Gasteiger partial charge in [0.25, 0.3) is 0 Å². The second-order valence-corrected chi connectivity index (χ2v) is 7.49. The van der Waals surface area contributed by atoms with E-state index in [0.29, 0.717) is 10.8 Å². The Bertz CT molecular complexity index is 292. The van der Waals surface area contributed by atoms with E-state index >= 15 is 0 Å². The molecule has 0 N–H and O–H groups in total. The van der Waals surface area contributed by atoms with E-state index in [9.17, 15) is 0 Å². The molecule has 4 atom stereocenters. The van der Waals surface area contributed by atoms with Gasteiger partial charge < -0.3 is 0 Å². The first-order valence-corrected chi connectivity index (χ1v) is 6.95. The molecule has 15 heavy (non-hydrogen) atoms. The van der Waals surface area contributed by atoms with E-state index in [1.54, 1.807) is 6.42 Å². The molecule has 4 bridgehead atoms. The van der Waals surface area contributed by atoms with Crippen LogP contribution in [0.3, 0.4) is 0 Å². The topological polar surface area (TPSA) is 0 Å². The molecule has 3 aliphatic rings. The van der Waals surface area contributed by atoms with E-state index in [1.165, 1.54) is 32.1 Å². The molecule has 86 valence electrons. The van der Waals surface area contributed by atoms with Crippen LogP contribution in [-0.4, -0.2) is 0 Å². The van der Waals surface area contributed by atoms with Crippen LogP contribution in [0.2, 0.25) is 0 Å². The van der Waals surface area contributed by atoms with Gasteiger partial charge in [-0.25, -0.2) is 0 Å². The van der Waals surface area contributed by atoms with Crippen LogP contribution in [0.15, 0.2) is 0 Å². The standard InChI is InChI=1S/C15H26/c1-11(2)15-8-5-7-14(4)12(15)6-9-13(14,3)10-15/h11-12H,5-10H2,1-4H3. The maximum absolute atomic E-state index is 2.62. The van der Waals surface area contributed by atoms with Crippen LogP contribution in [0, 0.1) is 28.1 Å². The van der Waals surface area contributed by atoms with E-state index < -0.39 is 0 Å². The minimum absolute atomic E-state index is 0.693. The van der Waals surface area contributed by atoms with Gasteiger partial charge in [0.05, 0.1) is 0 Å². The predicted octanol–water partition coefficient (Wildman–Crippen LogP) is 4.64. The Morgan fingerprint density at radius 1 is 1.07 bits per heavy atom. The largest absolute Gasteiger partial charge is 0.0622 e.